The molecule has 1 aliphatic heterocycles. The topological polar surface area (TPSA) is 83.7 Å². The third-order valence-electron chi connectivity index (χ3n) is 5.43. The average Bonchev–Trinajstić information content (AvgIpc) is 3.33. The Morgan fingerprint density at radius 2 is 1.76 bits per heavy atom. The molecule has 0 bridgehead atoms. The monoisotopic (exact) mass is 428 g/mol. The zero-order chi connectivity index (χ0) is 20.2. The van der Waals surface area contributed by atoms with E-state index in [1.54, 1.807) is 46.4 Å². The van der Waals surface area contributed by atoms with Gasteiger partial charge in [0, 0.05) is 31.1 Å². The summed E-state index contributed by atoms with van der Waals surface area (Å²) < 4.78 is 29.1. The van der Waals surface area contributed by atoms with Crippen molar-refractivity contribution < 1.29 is 8.42 Å². The van der Waals surface area contributed by atoms with Gasteiger partial charge < -0.3 is 4.90 Å². The van der Waals surface area contributed by atoms with Gasteiger partial charge in [-0.25, -0.2) is 18.4 Å². The molecule has 0 spiro atoms. The van der Waals surface area contributed by atoms with Gasteiger partial charge in [-0.1, -0.05) is 18.2 Å². The van der Waals surface area contributed by atoms with Crippen molar-refractivity contribution >= 4 is 43.2 Å². The second kappa shape index (κ2) is 6.75. The molecule has 0 saturated carbocycles. The van der Waals surface area contributed by atoms with Gasteiger partial charge in [-0.2, -0.15) is 13.9 Å². The van der Waals surface area contributed by atoms with Crippen molar-refractivity contribution in [3.8, 4) is 0 Å². The van der Waals surface area contributed by atoms with Gasteiger partial charge in [0.2, 0.25) is 16.0 Å². The molecule has 1 aromatic carbocycles. The number of hydrogen-bond donors (Lipinski definition) is 0. The van der Waals surface area contributed by atoms with E-state index >= 15 is 0 Å². The molecule has 1 fully saturated rings. The van der Waals surface area contributed by atoms with E-state index in [9.17, 15) is 8.42 Å². The molecule has 4 heterocycles. The van der Waals surface area contributed by atoms with Gasteiger partial charge >= 0.3 is 0 Å². The molecular weight excluding hydrogens is 408 g/mol. The summed E-state index contributed by atoms with van der Waals surface area (Å²) in [5.41, 5.74) is 1.98. The van der Waals surface area contributed by atoms with Crippen LogP contribution in [0.2, 0.25) is 0 Å². The lowest BCUT2D eigenvalue weighted by Crippen LogP contribution is -2.49. The van der Waals surface area contributed by atoms with Crippen LogP contribution in [-0.4, -0.2) is 58.5 Å². The van der Waals surface area contributed by atoms with Crippen LogP contribution < -0.4 is 4.90 Å². The molecule has 4 aromatic rings. The Labute approximate surface area is 172 Å². The van der Waals surface area contributed by atoms with Gasteiger partial charge in [0.05, 0.1) is 10.3 Å². The Kier molecular flexibility index (Phi) is 4.30. The van der Waals surface area contributed by atoms with Crippen LogP contribution in [0.3, 0.4) is 0 Å². The molecule has 10 heteroatoms. The molecule has 0 aliphatic carbocycles. The van der Waals surface area contributed by atoms with Gasteiger partial charge in [0.15, 0.2) is 5.65 Å². The Morgan fingerprint density at radius 1 is 1.03 bits per heavy atom. The fraction of sp³-hybridized carbons (Fsp3) is 0.316. The number of aryl methyl sites for hydroxylation is 2. The van der Waals surface area contributed by atoms with Crippen molar-refractivity contribution in [2.24, 2.45) is 0 Å². The molecule has 0 amide bonds. The molecule has 0 atom stereocenters. The van der Waals surface area contributed by atoms with Crippen LogP contribution in [0.1, 0.15) is 10.4 Å². The highest BCUT2D eigenvalue weighted by Gasteiger charge is 2.30. The minimum absolute atomic E-state index is 0.330. The average molecular weight is 429 g/mol. The largest absolute Gasteiger partial charge is 0.338 e. The van der Waals surface area contributed by atoms with Crippen molar-refractivity contribution in [1.82, 2.24) is 23.9 Å². The molecule has 1 saturated heterocycles. The van der Waals surface area contributed by atoms with Crippen molar-refractivity contribution in [1.29, 1.82) is 0 Å². The highest BCUT2D eigenvalue weighted by atomic mass is 32.2. The number of hydrogen-bond acceptors (Lipinski definition) is 7. The Morgan fingerprint density at radius 3 is 2.48 bits per heavy atom. The number of anilines is 1. The fourth-order valence-corrected chi connectivity index (χ4v) is 6.18. The van der Waals surface area contributed by atoms with Crippen LogP contribution in [0.5, 0.6) is 0 Å². The first-order chi connectivity index (χ1) is 14.0. The number of nitrogens with zero attached hydrogens (tertiary/aromatic N) is 6. The summed E-state index contributed by atoms with van der Waals surface area (Å²) in [7, 11) is -3.48. The van der Waals surface area contributed by atoms with Crippen LogP contribution in [0.15, 0.2) is 41.6 Å². The summed E-state index contributed by atoms with van der Waals surface area (Å²) in [6.45, 7) is 6.05. The smallest absolute Gasteiger partial charge is 0.243 e. The standard InChI is InChI=1S/C19H20N6O2S2/c1-13-14(2)28-18-16(13)17-20-12-21-25(17)19(22-18)23-8-10-24(11-9-23)29(26,27)15-6-4-3-5-7-15/h3-7,12H,8-11H2,1-2H3. The van der Waals surface area contributed by atoms with Gasteiger partial charge in [-0.3, -0.25) is 0 Å². The molecule has 1 aliphatic rings. The first-order valence-corrected chi connectivity index (χ1v) is 11.6. The van der Waals surface area contributed by atoms with Gasteiger partial charge in [-0.15, -0.1) is 11.3 Å². The number of rotatable bonds is 3. The van der Waals surface area contributed by atoms with Gasteiger partial charge in [0.1, 0.15) is 11.2 Å². The minimum Gasteiger partial charge on any atom is -0.338 e. The van der Waals surface area contributed by atoms with E-state index in [1.807, 2.05) is 6.07 Å². The van der Waals surface area contributed by atoms with Crippen LogP contribution in [0.4, 0.5) is 5.95 Å². The van der Waals surface area contributed by atoms with Crippen LogP contribution >= 0.6 is 11.3 Å². The number of benzene rings is 1. The van der Waals surface area contributed by atoms with Gasteiger partial charge in [0.25, 0.3) is 0 Å². The summed E-state index contributed by atoms with van der Waals surface area (Å²) in [5.74, 6) is 0.711. The van der Waals surface area contributed by atoms with Gasteiger partial charge in [-0.05, 0) is 31.5 Å². The zero-order valence-electron chi connectivity index (χ0n) is 16.1. The molecule has 0 N–H and O–H groups in total. The second-order valence-electron chi connectivity index (χ2n) is 7.07. The lowest BCUT2D eigenvalue weighted by atomic mass is 10.2. The Bertz CT molecular complexity index is 1300. The lowest BCUT2D eigenvalue weighted by Gasteiger charge is -2.34. The molecule has 8 nitrogen and oxygen atoms in total. The zero-order valence-corrected chi connectivity index (χ0v) is 17.7. The minimum atomic E-state index is -3.48. The maximum Gasteiger partial charge on any atom is 0.243 e. The highest BCUT2D eigenvalue weighted by molar-refractivity contribution is 7.89. The van der Waals surface area contributed by atoms with Crippen molar-refractivity contribution in [3.05, 3.63) is 47.1 Å². The Balaban J connectivity index is 1.47. The van der Waals surface area contributed by atoms with Crippen molar-refractivity contribution in [3.63, 3.8) is 0 Å². The number of piperazine rings is 1. The first-order valence-electron chi connectivity index (χ1n) is 9.36. The maximum atomic E-state index is 12.9. The van der Waals surface area contributed by atoms with E-state index in [1.165, 1.54) is 14.7 Å². The number of aromatic nitrogens is 4. The third kappa shape index (κ3) is 2.90. The molecule has 5 rings (SSSR count). The van der Waals surface area contributed by atoms with E-state index in [2.05, 4.69) is 28.8 Å². The summed E-state index contributed by atoms with van der Waals surface area (Å²) in [5, 5.41) is 5.42. The van der Waals surface area contributed by atoms with Crippen LogP contribution in [0.25, 0.3) is 15.9 Å². The van der Waals surface area contributed by atoms with E-state index < -0.39 is 10.0 Å². The quantitative estimate of drug-likeness (QED) is 0.498. The van der Waals surface area contributed by atoms with Crippen LogP contribution in [-0.2, 0) is 10.0 Å². The number of thiophene rings is 1. The summed E-state index contributed by atoms with van der Waals surface area (Å²) in [6.07, 6.45) is 1.54. The van der Waals surface area contributed by atoms with E-state index in [0.29, 0.717) is 37.0 Å². The molecule has 0 radical (unpaired) electrons. The lowest BCUT2D eigenvalue weighted by molar-refractivity contribution is 0.382. The first kappa shape index (κ1) is 18.5. The normalized spacial score (nSPS) is 16.1. The summed E-state index contributed by atoms with van der Waals surface area (Å²) in [6, 6.07) is 8.58. The number of fused-ring (bicyclic) bond motifs is 3. The van der Waals surface area contributed by atoms with E-state index in [-0.39, 0.29) is 0 Å². The molecule has 0 unspecified atom stereocenters. The van der Waals surface area contributed by atoms with E-state index in [4.69, 9.17) is 4.98 Å². The molecule has 150 valence electrons. The number of sulfonamides is 1. The molecular formula is C19H20N6O2S2. The summed E-state index contributed by atoms with van der Waals surface area (Å²) in [4.78, 5) is 13.9. The SMILES string of the molecule is Cc1sc2nc(N3CCN(S(=O)(=O)c4ccccc4)CC3)n3ncnc3c2c1C. The highest BCUT2D eigenvalue weighted by Crippen LogP contribution is 2.33. The summed E-state index contributed by atoms with van der Waals surface area (Å²) >= 11 is 1.65. The second-order valence-corrected chi connectivity index (χ2v) is 10.2. The van der Waals surface area contributed by atoms with Crippen molar-refractivity contribution in [2.75, 3.05) is 31.1 Å². The maximum absolute atomic E-state index is 12.9. The predicted octanol–water partition coefficient (Wildman–Crippen LogP) is 2.47. The fourth-order valence-electron chi connectivity index (χ4n) is 3.72. The van der Waals surface area contributed by atoms with Crippen LogP contribution in [0, 0.1) is 13.8 Å². The predicted molar refractivity (Wildman–Crippen MR) is 113 cm³/mol. The third-order valence-corrected chi connectivity index (χ3v) is 8.45. The molecule has 29 heavy (non-hydrogen) atoms. The van der Waals surface area contributed by atoms with Crippen molar-refractivity contribution in [2.45, 2.75) is 18.7 Å². The Hall–Kier alpha value is -2.56. The molecule has 3 aromatic heterocycles. The van der Waals surface area contributed by atoms with E-state index in [0.717, 1.165) is 15.9 Å².